The molecule has 1 aromatic heterocycles. The number of halogens is 3. The minimum absolute atomic E-state index is 0.0932. The van der Waals surface area contributed by atoms with Crippen molar-refractivity contribution in [3.05, 3.63) is 41.2 Å². The molecule has 1 heterocycles. The summed E-state index contributed by atoms with van der Waals surface area (Å²) in [5.41, 5.74) is -0.370. The topological polar surface area (TPSA) is 50.9 Å². The van der Waals surface area contributed by atoms with Gasteiger partial charge in [-0.15, -0.1) is 5.10 Å². The Morgan fingerprint density at radius 1 is 1.10 bits per heavy atom. The minimum Gasteiger partial charge on any atom is -0.390 e. The summed E-state index contributed by atoms with van der Waals surface area (Å²) in [4.78, 5) is 0. The summed E-state index contributed by atoms with van der Waals surface area (Å²) >= 11 is 0. The number of rotatable bonds is 2. The molecule has 0 unspecified atom stereocenters. The van der Waals surface area contributed by atoms with Crippen molar-refractivity contribution in [3.8, 4) is 5.69 Å². The van der Waals surface area contributed by atoms with Crippen LogP contribution in [-0.4, -0.2) is 20.1 Å². The molecule has 4 nitrogen and oxygen atoms in total. The maximum Gasteiger partial charge on any atom is 0.435 e. The molecule has 0 saturated heterocycles. The molecule has 0 aliphatic carbocycles. The highest BCUT2D eigenvalue weighted by molar-refractivity contribution is 5.38. The van der Waals surface area contributed by atoms with Gasteiger partial charge < -0.3 is 5.11 Å². The number of aromatic nitrogens is 3. The Morgan fingerprint density at radius 2 is 1.67 bits per heavy atom. The van der Waals surface area contributed by atoms with Crippen molar-refractivity contribution in [2.24, 2.45) is 0 Å². The molecule has 2 rings (SSSR count). The third kappa shape index (κ3) is 3.07. The van der Waals surface area contributed by atoms with Crippen molar-refractivity contribution in [3.63, 3.8) is 0 Å². The van der Waals surface area contributed by atoms with Crippen molar-refractivity contribution in [1.82, 2.24) is 15.0 Å². The van der Waals surface area contributed by atoms with E-state index in [1.807, 2.05) is 20.8 Å². The smallest absolute Gasteiger partial charge is 0.390 e. The zero-order valence-corrected chi connectivity index (χ0v) is 11.9. The van der Waals surface area contributed by atoms with Gasteiger partial charge in [-0.2, -0.15) is 13.2 Å². The predicted octanol–water partition coefficient (Wildman–Crippen LogP) is 3.08. The Bertz CT molecular complexity index is 624. The molecule has 0 saturated carbocycles. The SMILES string of the molecule is CC(C)(C)c1ccc(-n2nnc(CO)c2C(F)(F)F)cc1. The third-order valence-electron chi connectivity index (χ3n) is 3.14. The van der Waals surface area contributed by atoms with Crippen molar-refractivity contribution in [2.45, 2.75) is 39.0 Å². The predicted molar refractivity (Wildman–Crippen MR) is 71.0 cm³/mol. The average molecular weight is 299 g/mol. The van der Waals surface area contributed by atoms with Crippen LogP contribution in [0.3, 0.4) is 0 Å². The lowest BCUT2D eigenvalue weighted by molar-refractivity contribution is -0.143. The molecule has 0 spiro atoms. The van der Waals surface area contributed by atoms with Crippen LogP contribution in [0.2, 0.25) is 0 Å². The normalized spacial score (nSPS) is 12.7. The molecular weight excluding hydrogens is 283 g/mol. The first-order valence-corrected chi connectivity index (χ1v) is 6.38. The Balaban J connectivity index is 2.50. The second kappa shape index (κ2) is 5.14. The van der Waals surface area contributed by atoms with Gasteiger partial charge in [-0.1, -0.05) is 38.1 Å². The monoisotopic (exact) mass is 299 g/mol. The highest BCUT2D eigenvalue weighted by Crippen LogP contribution is 2.33. The van der Waals surface area contributed by atoms with Gasteiger partial charge in [-0.05, 0) is 23.1 Å². The lowest BCUT2D eigenvalue weighted by atomic mass is 9.87. The standard InChI is InChI=1S/C14H16F3N3O/c1-13(2,3)9-4-6-10(7-5-9)20-12(14(15,16)17)11(8-21)18-19-20/h4-7,21H,8H2,1-3H3. The first-order chi connectivity index (χ1) is 9.64. The number of nitrogens with zero attached hydrogens (tertiary/aromatic N) is 3. The number of hydrogen-bond acceptors (Lipinski definition) is 3. The number of aliphatic hydroxyl groups is 1. The van der Waals surface area contributed by atoms with Crippen LogP contribution < -0.4 is 0 Å². The highest BCUT2D eigenvalue weighted by Gasteiger charge is 2.39. The zero-order valence-electron chi connectivity index (χ0n) is 11.9. The molecule has 0 radical (unpaired) electrons. The molecule has 2 aromatic rings. The third-order valence-corrected chi connectivity index (χ3v) is 3.14. The average Bonchev–Trinajstić information content (AvgIpc) is 2.81. The van der Waals surface area contributed by atoms with Gasteiger partial charge in [0.2, 0.25) is 0 Å². The Kier molecular flexibility index (Phi) is 3.79. The fourth-order valence-electron chi connectivity index (χ4n) is 1.99. The first kappa shape index (κ1) is 15.5. The van der Waals surface area contributed by atoms with E-state index in [-0.39, 0.29) is 11.1 Å². The van der Waals surface area contributed by atoms with Crippen LogP contribution in [0, 0.1) is 0 Å². The lowest BCUT2D eigenvalue weighted by Crippen LogP contribution is -2.16. The number of benzene rings is 1. The number of alkyl halides is 3. The summed E-state index contributed by atoms with van der Waals surface area (Å²) in [5.74, 6) is 0. The molecule has 0 atom stereocenters. The van der Waals surface area contributed by atoms with E-state index in [0.717, 1.165) is 5.56 Å². The fraction of sp³-hybridized carbons (Fsp3) is 0.429. The Hall–Kier alpha value is -1.89. The van der Waals surface area contributed by atoms with E-state index in [1.54, 1.807) is 24.3 Å². The van der Waals surface area contributed by atoms with Crippen LogP contribution in [0.4, 0.5) is 13.2 Å². The number of aliphatic hydroxyl groups excluding tert-OH is 1. The lowest BCUT2D eigenvalue weighted by Gasteiger charge is -2.19. The summed E-state index contributed by atoms with van der Waals surface area (Å²) < 4.78 is 39.9. The van der Waals surface area contributed by atoms with Gasteiger partial charge in [0, 0.05) is 0 Å². The van der Waals surface area contributed by atoms with E-state index in [0.29, 0.717) is 4.68 Å². The molecule has 114 valence electrons. The van der Waals surface area contributed by atoms with Crippen molar-refractivity contribution < 1.29 is 18.3 Å². The molecule has 7 heteroatoms. The highest BCUT2D eigenvalue weighted by atomic mass is 19.4. The molecule has 21 heavy (non-hydrogen) atoms. The van der Waals surface area contributed by atoms with Crippen LogP contribution in [0.5, 0.6) is 0 Å². The van der Waals surface area contributed by atoms with E-state index < -0.39 is 24.2 Å². The molecule has 0 amide bonds. The largest absolute Gasteiger partial charge is 0.435 e. The zero-order chi connectivity index (χ0) is 15.8. The summed E-state index contributed by atoms with van der Waals surface area (Å²) in [6, 6.07) is 6.64. The summed E-state index contributed by atoms with van der Waals surface area (Å²) in [5, 5.41) is 15.9. The molecule has 0 aliphatic heterocycles. The maximum absolute atomic E-state index is 13.1. The van der Waals surface area contributed by atoms with E-state index in [1.165, 1.54) is 0 Å². The number of hydrogen-bond donors (Lipinski definition) is 1. The maximum atomic E-state index is 13.1. The van der Waals surface area contributed by atoms with Crippen LogP contribution in [0.25, 0.3) is 5.69 Å². The van der Waals surface area contributed by atoms with Gasteiger partial charge >= 0.3 is 6.18 Å². The van der Waals surface area contributed by atoms with E-state index in [2.05, 4.69) is 10.3 Å². The first-order valence-electron chi connectivity index (χ1n) is 6.38. The van der Waals surface area contributed by atoms with Crippen LogP contribution >= 0.6 is 0 Å². The van der Waals surface area contributed by atoms with Gasteiger partial charge in [0.1, 0.15) is 5.69 Å². The van der Waals surface area contributed by atoms with Gasteiger partial charge in [-0.25, -0.2) is 4.68 Å². The second-order valence-electron chi connectivity index (χ2n) is 5.75. The van der Waals surface area contributed by atoms with E-state index in [9.17, 15) is 13.2 Å². The molecule has 1 N–H and O–H groups in total. The van der Waals surface area contributed by atoms with Crippen molar-refractivity contribution in [1.29, 1.82) is 0 Å². The van der Waals surface area contributed by atoms with Gasteiger partial charge in [-0.3, -0.25) is 0 Å². The molecule has 1 aromatic carbocycles. The van der Waals surface area contributed by atoms with Crippen molar-refractivity contribution in [2.75, 3.05) is 0 Å². The van der Waals surface area contributed by atoms with Gasteiger partial charge in [0.15, 0.2) is 5.69 Å². The minimum atomic E-state index is -4.63. The molecular formula is C14H16F3N3O. The molecule has 0 bridgehead atoms. The Morgan fingerprint density at radius 3 is 2.10 bits per heavy atom. The van der Waals surface area contributed by atoms with Crippen LogP contribution in [-0.2, 0) is 18.2 Å². The Labute approximate surface area is 120 Å². The van der Waals surface area contributed by atoms with Crippen LogP contribution in [0.1, 0.15) is 37.7 Å². The quantitative estimate of drug-likeness (QED) is 0.927. The second-order valence-corrected chi connectivity index (χ2v) is 5.75. The summed E-state index contributed by atoms with van der Waals surface area (Å²) in [6.45, 7) is 5.24. The van der Waals surface area contributed by atoms with Gasteiger partial charge in [0.05, 0.1) is 12.3 Å². The van der Waals surface area contributed by atoms with Gasteiger partial charge in [0.25, 0.3) is 0 Å². The van der Waals surface area contributed by atoms with E-state index >= 15 is 0 Å². The summed E-state index contributed by atoms with van der Waals surface area (Å²) in [7, 11) is 0. The van der Waals surface area contributed by atoms with Crippen LogP contribution in [0.15, 0.2) is 24.3 Å². The van der Waals surface area contributed by atoms with Crippen molar-refractivity contribution >= 4 is 0 Å². The molecule has 0 fully saturated rings. The fourth-order valence-corrected chi connectivity index (χ4v) is 1.99. The molecule has 0 aliphatic rings. The summed E-state index contributed by atoms with van der Waals surface area (Å²) in [6.07, 6.45) is -4.63. The van der Waals surface area contributed by atoms with E-state index in [4.69, 9.17) is 5.11 Å².